The topological polar surface area (TPSA) is 71.5 Å². The third kappa shape index (κ3) is 2.66. The number of rotatable bonds is 4. The molecule has 0 aliphatic carbocycles. The highest BCUT2D eigenvalue weighted by atomic mass is 16.4. The number of nitrogens with zero attached hydrogens (tertiary/aromatic N) is 3. The maximum absolute atomic E-state index is 8.31. The lowest BCUT2D eigenvalue weighted by molar-refractivity contribution is 0.320. The largest absolute Gasteiger partial charge is 0.440 e. The van der Waals surface area contributed by atoms with Crippen LogP contribution < -0.4 is 0 Å². The fourth-order valence-corrected chi connectivity index (χ4v) is 1.35. The van der Waals surface area contributed by atoms with Crippen LogP contribution in [0.2, 0.25) is 0 Å². The van der Waals surface area contributed by atoms with Crippen LogP contribution in [0, 0.1) is 0 Å². The lowest BCUT2D eigenvalue weighted by atomic mass is 10.2. The van der Waals surface area contributed by atoms with Gasteiger partial charge < -0.3 is 9.62 Å². The quantitative estimate of drug-likeness (QED) is 0.480. The van der Waals surface area contributed by atoms with Gasteiger partial charge >= 0.3 is 0 Å². The van der Waals surface area contributed by atoms with Crippen molar-refractivity contribution in [3.63, 3.8) is 0 Å². The standard InChI is InChI=1S/C11H11N3O2/c15-14-8-10-7-13-11(16-10)4-3-9-2-1-5-12-6-9/h1-2,5-8,15H,3-4H2. The van der Waals surface area contributed by atoms with E-state index in [0.29, 0.717) is 18.1 Å². The summed E-state index contributed by atoms with van der Waals surface area (Å²) in [5.41, 5.74) is 1.14. The number of aromatic nitrogens is 2. The maximum atomic E-state index is 8.31. The van der Waals surface area contributed by atoms with Gasteiger partial charge in [-0.1, -0.05) is 11.2 Å². The van der Waals surface area contributed by atoms with Crippen molar-refractivity contribution in [3.8, 4) is 0 Å². The summed E-state index contributed by atoms with van der Waals surface area (Å²) in [5.74, 6) is 1.07. The Labute approximate surface area is 92.5 Å². The fourth-order valence-electron chi connectivity index (χ4n) is 1.35. The summed E-state index contributed by atoms with van der Waals surface area (Å²) in [5, 5.41) is 11.2. The normalized spacial score (nSPS) is 11.0. The Bertz CT molecular complexity index is 465. The molecular weight excluding hydrogens is 206 g/mol. The molecule has 0 spiro atoms. The third-order valence-corrected chi connectivity index (χ3v) is 2.11. The van der Waals surface area contributed by atoms with E-state index in [-0.39, 0.29) is 0 Å². The fraction of sp³-hybridized carbons (Fsp3) is 0.182. The summed E-state index contributed by atoms with van der Waals surface area (Å²) >= 11 is 0. The molecule has 0 aromatic carbocycles. The van der Waals surface area contributed by atoms with Crippen molar-refractivity contribution in [1.29, 1.82) is 0 Å². The first-order valence-electron chi connectivity index (χ1n) is 4.89. The van der Waals surface area contributed by atoms with E-state index in [9.17, 15) is 0 Å². The molecule has 2 rings (SSSR count). The van der Waals surface area contributed by atoms with Crippen LogP contribution in [0.4, 0.5) is 0 Å². The molecule has 5 heteroatoms. The number of oxime groups is 1. The Morgan fingerprint density at radius 3 is 3.06 bits per heavy atom. The molecule has 0 atom stereocenters. The van der Waals surface area contributed by atoms with Crippen molar-refractivity contribution in [1.82, 2.24) is 9.97 Å². The van der Waals surface area contributed by atoms with Gasteiger partial charge in [0.05, 0.1) is 6.20 Å². The summed E-state index contributed by atoms with van der Waals surface area (Å²) in [6, 6.07) is 3.90. The zero-order valence-electron chi connectivity index (χ0n) is 8.58. The molecule has 0 saturated heterocycles. The molecule has 2 aromatic rings. The molecule has 0 amide bonds. The van der Waals surface area contributed by atoms with Gasteiger partial charge in [0.1, 0.15) is 6.21 Å². The molecule has 2 heterocycles. The van der Waals surface area contributed by atoms with Gasteiger partial charge in [0, 0.05) is 18.8 Å². The molecular formula is C11H11N3O2. The molecule has 16 heavy (non-hydrogen) atoms. The van der Waals surface area contributed by atoms with Gasteiger partial charge in [-0.3, -0.25) is 4.98 Å². The Kier molecular flexibility index (Phi) is 3.28. The summed E-state index contributed by atoms with van der Waals surface area (Å²) in [6.45, 7) is 0. The Balaban J connectivity index is 1.94. The lowest BCUT2D eigenvalue weighted by Gasteiger charge is -1.96. The molecule has 0 bridgehead atoms. The molecule has 1 N–H and O–H groups in total. The number of pyridine rings is 1. The minimum Gasteiger partial charge on any atom is -0.440 e. The van der Waals surface area contributed by atoms with E-state index in [1.807, 2.05) is 18.3 Å². The second-order valence-electron chi connectivity index (χ2n) is 3.26. The van der Waals surface area contributed by atoms with E-state index >= 15 is 0 Å². The summed E-state index contributed by atoms with van der Waals surface area (Å²) in [4.78, 5) is 8.09. The number of oxazole rings is 1. The van der Waals surface area contributed by atoms with Gasteiger partial charge in [0.15, 0.2) is 11.7 Å². The molecule has 0 saturated carbocycles. The second-order valence-corrected chi connectivity index (χ2v) is 3.26. The first kappa shape index (κ1) is 10.4. The monoisotopic (exact) mass is 217 g/mol. The average Bonchev–Trinajstić information content (AvgIpc) is 2.76. The highest BCUT2D eigenvalue weighted by Gasteiger charge is 2.02. The highest BCUT2D eigenvalue weighted by Crippen LogP contribution is 2.06. The maximum Gasteiger partial charge on any atom is 0.195 e. The van der Waals surface area contributed by atoms with Crippen LogP contribution >= 0.6 is 0 Å². The number of hydrogen-bond donors (Lipinski definition) is 1. The minimum atomic E-state index is 0.448. The predicted molar refractivity (Wildman–Crippen MR) is 57.5 cm³/mol. The van der Waals surface area contributed by atoms with Crippen LogP contribution in [-0.4, -0.2) is 21.4 Å². The zero-order valence-corrected chi connectivity index (χ0v) is 8.58. The third-order valence-electron chi connectivity index (χ3n) is 2.11. The van der Waals surface area contributed by atoms with Crippen molar-refractivity contribution in [2.24, 2.45) is 5.16 Å². The minimum absolute atomic E-state index is 0.448. The van der Waals surface area contributed by atoms with Gasteiger partial charge in [-0.2, -0.15) is 0 Å². The van der Waals surface area contributed by atoms with E-state index in [0.717, 1.165) is 12.0 Å². The molecule has 0 radical (unpaired) electrons. The van der Waals surface area contributed by atoms with E-state index in [1.54, 1.807) is 6.20 Å². The molecule has 0 fully saturated rings. The number of aryl methyl sites for hydroxylation is 2. The van der Waals surface area contributed by atoms with Crippen LogP contribution in [0.3, 0.4) is 0 Å². The van der Waals surface area contributed by atoms with Gasteiger partial charge in [0.25, 0.3) is 0 Å². The average molecular weight is 217 g/mol. The van der Waals surface area contributed by atoms with Crippen molar-refractivity contribution >= 4 is 6.21 Å². The molecule has 5 nitrogen and oxygen atoms in total. The first-order valence-corrected chi connectivity index (χ1v) is 4.89. The van der Waals surface area contributed by atoms with E-state index < -0.39 is 0 Å². The zero-order chi connectivity index (χ0) is 11.2. The van der Waals surface area contributed by atoms with Crippen molar-refractivity contribution in [3.05, 3.63) is 47.9 Å². The molecule has 82 valence electrons. The van der Waals surface area contributed by atoms with Crippen molar-refractivity contribution in [2.75, 3.05) is 0 Å². The van der Waals surface area contributed by atoms with Crippen LogP contribution in [0.1, 0.15) is 17.2 Å². The van der Waals surface area contributed by atoms with Gasteiger partial charge in [-0.05, 0) is 18.1 Å². The predicted octanol–water partition coefficient (Wildman–Crippen LogP) is 1.66. The Hall–Kier alpha value is -2.17. The summed E-state index contributed by atoms with van der Waals surface area (Å²) < 4.78 is 5.30. The molecule has 0 aliphatic rings. The van der Waals surface area contributed by atoms with Crippen LogP contribution in [0.5, 0.6) is 0 Å². The molecule has 0 unspecified atom stereocenters. The van der Waals surface area contributed by atoms with E-state index in [4.69, 9.17) is 9.62 Å². The molecule has 2 aromatic heterocycles. The van der Waals surface area contributed by atoms with Gasteiger partial charge in [-0.25, -0.2) is 4.98 Å². The highest BCUT2D eigenvalue weighted by molar-refractivity contribution is 5.74. The summed E-state index contributed by atoms with van der Waals surface area (Å²) in [6.07, 6.45) is 7.82. The molecule has 0 aliphatic heterocycles. The second kappa shape index (κ2) is 5.06. The summed E-state index contributed by atoms with van der Waals surface area (Å²) in [7, 11) is 0. The Morgan fingerprint density at radius 2 is 2.31 bits per heavy atom. The lowest BCUT2D eigenvalue weighted by Crippen LogP contribution is -1.91. The van der Waals surface area contributed by atoms with Gasteiger partial charge in [0.2, 0.25) is 0 Å². The SMILES string of the molecule is ON=Cc1cnc(CCc2cccnc2)o1. The van der Waals surface area contributed by atoms with Crippen molar-refractivity contribution in [2.45, 2.75) is 12.8 Å². The van der Waals surface area contributed by atoms with Crippen LogP contribution in [-0.2, 0) is 12.8 Å². The van der Waals surface area contributed by atoms with Crippen LogP contribution in [0.25, 0.3) is 0 Å². The van der Waals surface area contributed by atoms with Crippen LogP contribution in [0.15, 0.2) is 40.3 Å². The Morgan fingerprint density at radius 1 is 1.38 bits per heavy atom. The van der Waals surface area contributed by atoms with E-state index in [1.165, 1.54) is 12.4 Å². The van der Waals surface area contributed by atoms with Crippen molar-refractivity contribution < 1.29 is 9.62 Å². The first-order chi connectivity index (χ1) is 7.88. The smallest absolute Gasteiger partial charge is 0.195 e. The van der Waals surface area contributed by atoms with E-state index in [2.05, 4.69) is 15.1 Å². The van der Waals surface area contributed by atoms with Gasteiger partial charge in [-0.15, -0.1) is 0 Å². The number of hydrogen-bond acceptors (Lipinski definition) is 5.